The maximum atomic E-state index is 12.3. The van der Waals surface area contributed by atoms with Crippen molar-refractivity contribution < 1.29 is 23.8 Å². The number of pyridine rings is 1. The summed E-state index contributed by atoms with van der Waals surface area (Å²) < 4.78 is 16.3. The number of hydrogen-bond donors (Lipinski definition) is 2. The van der Waals surface area contributed by atoms with Crippen LogP contribution in [0.4, 0.5) is 11.4 Å². The summed E-state index contributed by atoms with van der Waals surface area (Å²) in [5.74, 6) is -0.0159. The van der Waals surface area contributed by atoms with Gasteiger partial charge in [0.1, 0.15) is 5.75 Å². The molecule has 2 heterocycles. The van der Waals surface area contributed by atoms with Gasteiger partial charge in [0.15, 0.2) is 0 Å². The van der Waals surface area contributed by atoms with Gasteiger partial charge in [0.25, 0.3) is 5.91 Å². The number of amides is 2. The summed E-state index contributed by atoms with van der Waals surface area (Å²) >= 11 is 0. The molecular weight excluding hydrogens is 374 g/mol. The quantitative estimate of drug-likeness (QED) is 0.629. The van der Waals surface area contributed by atoms with Gasteiger partial charge >= 0.3 is 0 Å². The highest BCUT2D eigenvalue weighted by Crippen LogP contribution is 2.28. The van der Waals surface area contributed by atoms with E-state index in [2.05, 4.69) is 15.6 Å². The van der Waals surface area contributed by atoms with Gasteiger partial charge in [-0.1, -0.05) is 0 Å². The van der Waals surface area contributed by atoms with Crippen molar-refractivity contribution >= 4 is 23.2 Å². The normalized spacial score (nSPS) is 15.7. The minimum atomic E-state index is -0.295. The van der Waals surface area contributed by atoms with Gasteiger partial charge in [-0.05, 0) is 37.1 Å². The maximum Gasteiger partial charge on any atom is 0.257 e. The van der Waals surface area contributed by atoms with E-state index in [9.17, 15) is 9.59 Å². The molecule has 1 aliphatic heterocycles. The summed E-state index contributed by atoms with van der Waals surface area (Å²) in [7, 11) is 1.50. The Bertz CT molecular complexity index is 822. The van der Waals surface area contributed by atoms with E-state index in [1.54, 1.807) is 36.5 Å². The van der Waals surface area contributed by atoms with Crippen LogP contribution < -0.4 is 15.4 Å². The third kappa shape index (κ3) is 6.27. The Morgan fingerprint density at radius 2 is 2.17 bits per heavy atom. The molecular formula is C21H25N3O5. The zero-order chi connectivity index (χ0) is 20.5. The second kappa shape index (κ2) is 10.5. The van der Waals surface area contributed by atoms with Crippen LogP contribution in [0.2, 0.25) is 0 Å². The molecule has 0 saturated carbocycles. The van der Waals surface area contributed by atoms with Crippen LogP contribution in [-0.4, -0.2) is 49.8 Å². The van der Waals surface area contributed by atoms with E-state index in [0.29, 0.717) is 35.9 Å². The Balaban J connectivity index is 1.49. The summed E-state index contributed by atoms with van der Waals surface area (Å²) in [6.07, 6.45) is 5.55. The van der Waals surface area contributed by atoms with E-state index < -0.39 is 0 Å². The summed E-state index contributed by atoms with van der Waals surface area (Å²) in [5, 5.41) is 5.58. The first-order valence-corrected chi connectivity index (χ1v) is 9.54. The van der Waals surface area contributed by atoms with Crippen LogP contribution in [0.1, 0.15) is 29.6 Å². The number of benzene rings is 1. The molecule has 2 N–H and O–H groups in total. The maximum absolute atomic E-state index is 12.3. The second-order valence-corrected chi connectivity index (χ2v) is 6.62. The Morgan fingerprint density at radius 3 is 2.90 bits per heavy atom. The van der Waals surface area contributed by atoms with Gasteiger partial charge < -0.3 is 24.8 Å². The van der Waals surface area contributed by atoms with Gasteiger partial charge in [0.2, 0.25) is 5.91 Å². The van der Waals surface area contributed by atoms with E-state index in [-0.39, 0.29) is 24.3 Å². The Morgan fingerprint density at radius 1 is 1.28 bits per heavy atom. The van der Waals surface area contributed by atoms with Crippen molar-refractivity contribution in [2.45, 2.75) is 25.4 Å². The number of rotatable bonds is 9. The van der Waals surface area contributed by atoms with Crippen LogP contribution in [0.15, 0.2) is 42.7 Å². The van der Waals surface area contributed by atoms with Crippen LogP contribution in [0.5, 0.6) is 5.75 Å². The first kappa shape index (κ1) is 20.8. The molecule has 8 nitrogen and oxygen atoms in total. The van der Waals surface area contributed by atoms with E-state index in [1.165, 1.54) is 13.3 Å². The first-order valence-electron chi connectivity index (χ1n) is 9.54. The average Bonchev–Trinajstić information content (AvgIpc) is 3.26. The third-order valence-electron chi connectivity index (χ3n) is 4.46. The molecule has 2 amide bonds. The smallest absolute Gasteiger partial charge is 0.257 e. The Labute approximate surface area is 169 Å². The molecule has 1 unspecified atom stereocenters. The van der Waals surface area contributed by atoms with Crippen LogP contribution in [0.25, 0.3) is 0 Å². The van der Waals surface area contributed by atoms with Crippen molar-refractivity contribution in [3.63, 3.8) is 0 Å². The van der Waals surface area contributed by atoms with Crippen molar-refractivity contribution in [1.82, 2.24) is 4.98 Å². The molecule has 1 aromatic heterocycles. The van der Waals surface area contributed by atoms with E-state index in [1.807, 2.05) is 0 Å². The zero-order valence-corrected chi connectivity index (χ0v) is 16.3. The molecule has 29 heavy (non-hydrogen) atoms. The summed E-state index contributed by atoms with van der Waals surface area (Å²) in [6.45, 7) is 1.64. The lowest BCUT2D eigenvalue weighted by atomic mass is 10.2. The molecule has 2 aromatic rings. The molecule has 1 fully saturated rings. The average molecular weight is 399 g/mol. The summed E-state index contributed by atoms with van der Waals surface area (Å²) in [5.41, 5.74) is 1.51. The fourth-order valence-corrected chi connectivity index (χ4v) is 2.94. The second-order valence-electron chi connectivity index (χ2n) is 6.62. The predicted molar refractivity (Wildman–Crippen MR) is 108 cm³/mol. The van der Waals surface area contributed by atoms with Crippen LogP contribution in [-0.2, 0) is 14.3 Å². The molecule has 0 aliphatic carbocycles. The molecule has 1 saturated heterocycles. The first-order chi connectivity index (χ1) is 14.2. The zero-order valence-electron chi connectivity index (χ0n) is 16.3. The van der Waals surface area contributed by atoms with Gasteiger partial charge in [0.05, 0.1) is 44.1 Å². The number of anilines is 2. The van der Waals surface area contributed by atoms with Crippen LogP contribution >= 0.6 is 0 Å². The van der Waals surface area contributed by atoms with Crippen molar-refractivity contribution in [2.75, 3.05) is 37.6 Å². The highest BCUT2D eigenvalue weighted by Gasteiger charge is 2.15. The molecule has 0 radical (unpaired) electrons. The van der Waals surface area contributed by atoms with E-state index in [0.717, 1.165) is 19.4 Å². The van der Waals surface area contributed by atoms with Crippen molar-refractivity contribution in [2.24, 2.45) is 0 Å². The number of aromatic nitrogens is 1. The number of nitrogens with one attached hydrogen (secondary N) is 2. The molecule has 0 spiro atoms. The molecule has 1 aliphatic rings. The van der Waals surface area contributed by atoms with Gasteiger partial charge in [-0.25, -0.2) is 0 Å². The number of hydrogen-bond acceptors (Lipinski definition) is 6. The highest BCUT2D eigenvalue weighted by molar-refractivity contribution is 6.05. The standard InChI is InChI=1S/C21H25N3O5/c1-27-19-12-16(23-20(25)8-11-28-14-17-5-3-10-29-17)6-7-18(19)24-21(26)15-4-2-9-22-13-15/h2,4,6-7,9,12-13,17H,3,5,8,10-11,14H2,1H3,(H,23,25)(H,24,26). The minimum Gasteiger partial charge on any atom is -0.494 e. The van der Waals surface area contributed by atoms with Gasteiger partial charge in [-0.15, -0.1) is 0 Å². The number of ether oxygens (including phenoxy) is 3. The molecule has 0 bridgehead atoms. The molecule has 1 aromatic carbocycles. The monoisotopic (exact) mass is 399 g/mol. The van der Waals surface area contributed by atoms with Gasteiger partial charge in [0, 0.05) is 30.8 Å². The van der Waals surface area contributed by atoms with Crippen molar-refractivity contribution in [1.29, 1.82) is 0 Å². The fraction of sp³-hybridized carbons (Fsp3) is 0.381. The summed E-state index contributed by atoms with van der Waals surface area (Å²) in [4.78, 5) is 28.3. The van der Waals surface area contributed by atoms with Gasteiger partial charge in [-0.2, -0.15) is 0 Å². The molecule has 8 heteroatoms. The van der Waals surface area contributed by atoms with E-state index >= 15 is 0 Å². The Kier molecular flexibility index (Phi) is 7.54. The molecule has 154 valence electrons. The lowest BCUT2D eigenvalue weighted by Crippen LogP contribution is -2.18. The SMILES string of the molecule is COc1cc(NC(=O)CCOCC2CCCO2)ccc1NC(=O)c1cccnc1. The van der Waals surface area contributed by atoms with Crippen molar-refractivity contribution in [3.8, 4) is 5.75 Å². The lowest BCUT2D eigenvalue weighted by molar-refractivity contribution is -0.117. The molecule has 3 rings (SSSR count). The number of carbonyl (C=O) groups excluding carboxylic acids is 2. The third-order valence-corrected chi connectivity index (χ3v) is 4.46. The summed E-state index contributed by atoms with van der Waals surface area (Å²) in [6, 6.07) is 8.40. The number of nitrogens with zero attached hydrogens (tertiary/aromatic N) is 1. The van der Waals surface area contributed by atoms with Crippen molar-refractivity contribution in [3.05, 3.63) is 48.3 Å². The van der Waals surface area contributed by atoms with Crippen LogP contribution in [0, 0.1) is 0 Å². The minimum absolute atomic E-state index is 0.150. The largest absolute Gasteiger partial charge is 0.494 e. The number of methoxy groups -OCH3 is 1. The highest BCUT2D eigenvalue weighted by atomic mass is 16.5. The lowest BCUT2D eigenvalue weighted by Gasteiger charge is -2.13. The van der Waals surface area contributed by atoms with E-state index in [4.69, 9.17) is 14.2 Å². The predicted octanol–water partition coefficient (Wildman–Crippen LogP) is 2.87. The Hall–Kier alpha value is -2.97. The molecule has 1 atom stereocenters. The fourth-order valence-electron chi connectivity index (χ4n) is 2.94. The number of carbonyl (C=O) groups is 2. The van der Waals surface area contributed by atoms with Crippen LogP contribution in [0.3, 0.4) is 0 Å². The van der Waals surface area contributed by atoms with Gasteiger partial charge in [-0.3, -0.25) is 14.6 Å². The topological polar surface area (TPSA) is 98.8 Å².